The van der Waals surface area contributed by atoms with Gasteiger partial charge in [0, 0.05) is 44.8 Å². The van der Waals surface area contributed by atoms with Gasteiger partial charge in [-0.2, -0.15) is 0 Å². The first kappa shape index (κ1) is 12.3. The van der Waals surface area contributed by atoms with Crippen LogP contribution in [0.25, 0.3) is 17.0 Å². The summed E-state index contributed by atoms with van der Waals surface area (Å²) in [4.78, 5) is 11.4. The van der Waals surface area contributed by atoms with E-state index in [1.165, 1.54) is 5.69 Å². The molecule has 0 atom stereocenters. The summed E-state index contributed by atoms with van der Waals surface area (Å²) in [5, 5.41) is 3.38. The van der Waals surface area contributed by atoms with Crippen molar-refractivity contribution >= 4 is 11.3 Å². The Morgan fingerprint density at radius 1 is 0.952 bits per heavy atom. The third-order valence-electron chi connectivity index (χ3n) is 3.84. The molecule has 1 N–H and O–H groups in total. The molecule has 1 aliphatic heterocycles. The summed E-state index contributed by atoms with van der Waals surface area (Å²) in [6.07, 6.45) is 6.00. The summed E-state index contributed by atoms with van der Waals surface area (Å²) < 4.78 is 2.08. The average molecular weight is 279 g/mol. The second-order valence-electron chi connectivity index (χ2n) is 5.23. The number of piperazine rings is 1. The number of hydrogen-bond donors (Lipinski definition) is 1. The molecule has 0 aliphatic carbocycles. The van der Waals surface area contributed by atoms with Crippen LogP contribution in [0.1, 0.15) is 0 Å². The van der Waals surface area contributed by atoms with E-state index in [4.69, 9.17) is 0 Å². The predicted molar refractivity (Wildman–Crippen MR) is 83.5 cm³/mol. The molecule has 0 radical (unpaired) electrons. The lowest BCUT2D eigenvalue weighted by Gasteiger charge is -2.29. The summed E-state index contributed by atoms with van der Waals surface area (Å²) >= 11 is 0. The van der Waals surface area contributed by atoms with E-state index >= 15 is 0 Å². The van der Waals surface area contributed by atoms with E-state index in [0.29, 0.717) is 0 Å². The minimum atomic E-state index is 0.907. The molecule has 1 fully saturated rings. The Labute approximate surface area is 123 Å². The van der Waals surface area contributed by atoms with Crippen LogP contribution in [0.15, 0.2) is 48.9 Å². The summed E-state index contributed by atoms with van der Waals surface area (Å²) in [5.74, 6) is 0. The molecular weight excluding hydrogens is 262 g/mol. The molecule has 0 unspecified atom stereocenters. The van der Waals surface area contributed by atoms with Crippen LogP contribution < -0.4 is 10.2 Å². The first-order valence-electron chi connectivity index (χ1n) is 7.26. The van der Waals surface area contributed by atoms with Gasteiger partial charge in [0.1, 0.15) is 11.3 Å². The van der Waals surface area contributed by atoms with Gasteiger partial charge >= 0.3 is 0 Å². The van der Waals surface area contributed by atoms with Gasteiger partial charge < -0.3 is 14.6 Å². The van der Waals surface area contributed by atoms with Gasteiger partial charge in [0.15, 0.2) is 0 Å². The van der Waals surface area contributed by atoms with Gasteiger partial charge in [-0.15, -0.1) is 0 Å². The molecule has 0 aromatic carbocycles. The molecule has 1 aliphatic rings. The summed E-state index contributed by atoms with van der Waals surface area (Å²) in [5.41, 5.74) is 4.02. The SMILES string of the molecule is c1ccc(-c2cn3cc(N4CCNCC4)ccc3n2)nc1. The van der Waals surface area contributed by atoms with E-state index in [0.717, 1.165) is 43.2 Å². The van der Waals surface area contributed by atoms with E-state index in [-0.39, 0.29) is 0 Å². The van der Waals surface area contributed by atoms with Crippen molar-refractivity contribution in [2.24, 2.45) is 0 Å². The number of nitrogens with one attached hydrogen (secondary N) is 1. The second-order valence-corrected chi connectivity index (χ2v) is 5.23. The molecule has 5 nitrogen and oxygen atoms in total. The quantitative estimate of drug-likeness (QED) is 0.777. The Morgan fingerprint density at radius 3 is 2.67 bits per heavy atom. The van der Waals surface area contributed by atoms with Crippen molar-refractivity contribution in [1.82, 2.24) is 19.7 Å². The number of pyridine rings is 2. The monoisotopic (exact) mass is 279 g/mol. The molecule has 0 spiro atoms. The maximum atomic E-state index is 4.64. The van der Waals surface area contributed by atoms with Crippen LogP contribution in [-0.2, 0) is 0 Å². The smallest absolute Gasteiger partial charge is 0.137 e. The standard InChI is InChI=1S/C16H17N5/c1-2-6-18-14(3-1)15-12-21-11-13(4-5-16(21)19-15)20-9-7-17-8-10-20/h1-6,11-12,17H,7-10H2. The number of rotatable bonds is 2. The highest BCUT2D eigenvalue weighted by Crippen LogP contribution is 2.20. The predicted octanol–water partition coefficient (Wildman–Crippen LogP) is 1.81. The fourth-order valence-corrected chi connectivity index (χ4v) is 2.73. The van der Waals surface area contributed by atoms with Crippen LogP contribution in [0.5, 0.6) is 0 Å². The van der Waals surface area contributed by atoms with E-state index in [2.05, 4.69) is 42.9 Å². The van der Waals surface area contributed by atoms with E-state index in [9.17, 15) is 0 Å². The normalized spacial score (nSPS) is 15.5. The average Bonchev–Trinajstić information content (AvgIpc) is 2.99. The third kappa shape index (κ3) is 2.36. The van der Waals surface area contributed by atoms with Crippen LogP contribution >= 0.6 is 0 Å². The van der Waals surface area contributed by atoms with Crippen molar-refractivity contribution in [2.75, 3.05) is 31.1 Å². The molecule has 4 rings (SSSR count). The Balaban J connectivity index is 1.71. The fraction of sp³-hybridized carbons (Fsp3) is 0.250. The van der Waals surface area contributed by atoms with Crippen LogP contribution in [0.3, 0.4) is 0 Å². The molecule has 0 amide bonds. The Bertz CT molecular complexity index is 744. The van der Waals surface area contributed by atoms with Crippen molar-refractivity contribution in [2.45, 2.75) is 0 Å². The summed E-state index contributed by atoms with van der Waals surface area (Å²) in [6, 6.07) is 10.1. The van der Waals surface area contributed by atoms with Crippen molar-refractivity contribution < 1.29 is 0 Å². The number of hydrogen-bond acceptors (Lipinski definition) is 4. The van der Waals surface area contributed by atoms with Crippen molar-refractivity contribution in [3.63, 3.8) is 0 Å². The zero-order valence-corrected chi connectivity index (χ0v) is 11.7. The molecular formula is C16H17N5. The lowest BCUT2D eigenvalue weighted by molar-refractivity contribution is 0.588. The first-order valence-corrected chi connectivity index (χ1v) is 7.26. The molecule has 106 valence electrons. The Hall–Kier alpha value is -2.40. The molecule has 21 heavy (non-hydrogen) atoms. The Kier molecular flexibility index (Phi) is 3.05. The van der Waals surface area contributed by atoms with Crippen LogP contribution in [-0.4, -0.2) is 40.5 Å². The fourth-order valence-electron chi connectivity index (χ4n) is 2.73. The number of aromatic nitrogens is 3. The van der Waals surface area contributed by atoms with Gasteiger partial charge in [-0.3, -0.25) is 4.98 Å². The van der Waals surface area contributed by atoms with Gasteiger partial charge in [-0.1, -0.05) is 6.07 Å². The molecule has 0 saturated carbocycles. The minimum Gasteiger partial charge on any atom is -0.368 e. The van der Waals surface area contributed by atoms with Gasteiger partial charge in [-0.05, 0) is 24.3 Å². The Morgan fingerprint density at radius 2 is 1.86 bits per heavy atom. The van der Waals surface area contributed by atoms with Crippen LogP contribution in [0.4, 0.5) is 5.69 Å². The molecule has 4 heterocycles. The maximum absolute atomic E-state index is 4.64. The number of anilines is 1. The third-order valence-corrected chi connectivity index (χ3v) is 3.84. The van der Waals surface area contributed by atoms with Gasteiger partial charge in [0.25, 0.3) is 0 Å². The lowest BCUT2D eigenvalue weighted by Crippen LogP contribution is -2.43. The zero-order chi connectivity index (χ0) is 14.1. The highest BCUT2D eigenvalue weighted by atomic mass is 15.2. The van der Waals surface area contributed by atoms with Crippen LogP contribution in [0.2, 0.25) is 0 Å². The second kappa shape index (κ2) is 5.18. The van der Waals surface area contributed by atoms with E-state index in [1.54, 1.807) is 6.20 Å². The van der Waals surface area contributed by atoms with Crippen molar-refractivity contribution in [3.8, 4) is 11.4 Å². The molecule has 3 aromatic heterocycles. The van der Waals surface area contributed by atoms with Gasteiger partial charge in [-0.25, -0.2) is 4.98 Å². The molecule has 3 aromatic rings. The van der Waals surface area contributed by atoms with E-state index in [1.807, 2.05) is 24.4 Å². The van der Waals surface area contributed by atoms with Crippen molar-refractivity contribution in [3.05, 3.63) is 48.9 Å². The minimum absolute atomic E-state index is 0.907. The number of imidazole rings is 1. The van der Waals surface area contributed by atoms with E-state index < -0.39 is 0 Å². The number of nitrogens with zero attached hydrogens (tertiary/aromatic N) is 4. The maximum Gasteiger partial charge on any atom is 0.137 e. The largest absolute Gasteiger partial charge is 0.368 e. The highest BCUT2D eigenvalue weighted by molar-refractivity contribution is 5.61. The van der Waals surface area contributed by atoms with Gasteiger partial charge in [0.05, 0.1) is 11.4 Å². The highest BCUT2D eigenvalue weighted by Gasteiger charge is 2.12. The number of fused-ring (bicyclic) bond motifs is 1. The molecule has 5 heteroatoms. The molecule has 0 bridgehead atoms. The summed E-state index contributed by atoms with van der Waals surface area (Å²) in [7, 11) is 0. The van der Waals surface area contributed by atoms with Gasteiger partial charge in [0.2, 0.25) is 0 Å². The van der Waals surface area contributed by atoms with Crippen molar-refractivity contribution in [1.29, 1.82) is 0 Å². The zero-order valence-electron chi connectivity index (χ0n) is 11.7. The van der Waals surface area contributed by atoms with Crippen LogP contribution in [0, 0.1) is 0 Å². The lowest BCUT2D eigenvalue weighted by atomic mass is 10.3. The molecule has 1 saturated heterocycles. The first-order chi connectivity index (χ1) is 10.4. The topological polar surface area (TPSA) is 45.5 Å². The summed E-state index contributed by atoms with van der Waals surface area (Å²) in [6.45, 7) is 4.18.